The summed E-state index contributed by atoms with van der Waals surface area (Å²) >= 11 is 0. The van der Waals surface area contributed by atoms with Crippen molar-refractivity contribution in [3.05, 3.63) is 23.3 Å². The number of nitrogens with zero attached hydrogens (tertiary/aromatic N) is 1. The molecule has 1 saturated heterocycles. The number of phenolic OH excluding ortho intramolecular Hbond substituents is 1. The number of phenols is 1. The van der Waals surface area contributed by atoms with E-state index in [1.165, 1.54) is 37.1 Å². The van der Waals surface area contributed by atoms with Crippen molar-refractivity contribution in [2.45, 2.75) is 102 Å². The third kappa shape index (κ3) is 2.43. The Morgan fingerprint density at radius 3 is 2.54 bits per heavy atom. The molecule has 35 heavy (non-hydrogen) atoms. The maximum Gasteiger partial charge on any atom is 0.165 e. The van der Waals surface area contributed by atoms with Gasteiger partial charge in [-0.2, -0.15) is 0 Å². The van der Waals surface area contributed by atoms with E-state index < -0.39 is 11.2 Å². The standard InChI is InChI=1S/C30H43NO4/c1-17-7-10-20(32)23-22(17)29-13-19-16-31(15-18-8-9-18)24(19)28(29)11-12-30(34-6,25(29)35-23)21(14-28)27(5,33)26(2,3)4/h7,10,18-19,21,24-25,32-33H,8-9,11-16H2,1-6H3/t19?,21-,24?,25-,27-,28?,29?,30-/m1/s1. The van der Waals surface area contributed by atoms with E-state index in [0.29, 0.717) is 17.7 Å². The minimum Gasteiger partial charge on any atom is -0.504 e. The number of methoxy groups -OCH3 is 1. The Labute approximate surface area is 210 Å². The Morgan fingerprint density at radius 2 is 1.89 bits per heavy atom. The quantitative estimate of drug-likeness (QED) is 0.647. The molecule has 2 N–H and O–H groups in total. The highest BCUT2D eigenvalue weighted by molar-refractivity contribution is 5.62. The van der Waals surface area contributed by atoms with Crippen molar-refractivity contribution >= 4 is 0 Å². The molecule has 7 aliphatic rings. The fraction of sp³-hybridized carbons (Fsp3) is 0.800. The summed E-state index contributed by atoms with van der Waals surface area (Å²) in [5.41, 5.74) is 0.541. The second-order valence-electron chi connectivity index (χ2n) is 14.4. The van der Waals surface area contributed by atoms with Gasteiger partial charge in [0.2, 0.25) is 0 Å². The SMILES string of the molecule is CO[C@]12CCC3(C[C@@H]1[C@@](C)(O)C(C)(C)C)C1C(CN1CC1CC1)CC31c3c(C)ccc(O)c3O[C@H]12. The van der Waals surface area contributed by atoms with Crippen LogP contribution in [0.15, 0.2) is 12.1 Å². The molecule has 2 heterocycles. The van der Waals surface area contributed by atoms with Crippen molar-refractivity contribution in [1.29, 1.82) is 0 Å². The lowest BCUT2D eigenvalue weighted by molar-refractivity contribution is -0.294. The lowest BCUT2D eigenvalue weighted by atomic mass is 9.38. The highest BCUT2D eigenvalue weighted by Crippen LogP contribution is 2.80. The Balaban J connectivity index is 1.46. The maximum absolute atomic E-state index is 12.2. The fourth-order valence-electron chi connectivity index (χ4n) is 10.0. The second-order valence-corrected chi connectivity index (χ2v) is 14.4. The summed E-state index contributed by atoms with van der Waals surface area (Å²) in [6.45, 7) is 13.1. The van der Waals surface area contributed by atoms with Crippen LogP contribution in [0, 0.1) is 35.5 Å². The van der Waals surface area contributed by atoms with Crippen molar-refractivity contribution < 1.29 is 19.7 Å². The van der Waals surface area contributed by atoms with Crippen LogP contribution >= 0.6 is 0 Å². The van der Waals surface area contributed by atoms with E-state index in [4.69, 9.17) is 9.47 Å². The zero-order valence-corrected chi connectivity index (χ0v) is 22.4. The van der Waals surface area contributed by atoms with Gasteiger partial charge in [0.25, 0.3) is 0 Å². The van der Waals surface area contributed by atoms with E-state index in [0.717, 1.165) is 31.6 Å². The summed E-state index contributed by atoms with van der Waals surface area (Å²) < 4.78 is 13.5. The molecule has 5 heteroatoms. The van der Waals surface area contributed by atoms with E-state index in [1.54, 1.807) is 6.07 Å². The summed E-state index contributed by atoms with van der Waals surface area (Å²) in [7, 11) is 1.83. The van der Waals surface area contributed by atoms with Gasteiger partial charge in [-0.05, 0) is 81.3 Å². The summed E-state index contributed by atoms with van der Waals surface area (Å²) in [5.74, 6) is 2.43. The van der Waals surface area contributed by atoms with Crippen molar-refractivity contribution in [1.82, 2.24) is 4.90 Å². The van der Waals surface area contributed by atoms with Gasteiger partial charge < -0.3 is 19.7 Å². The van der Waals surface area contributed by atoms with Crippen LogP contribution in [0.3, 0.4) is 0 Å². The number of rotatable bonds is 4. The fourth-order valence-corrected chi connectivity index (χ4v) is 10.0. The van der Waals surface area contributed by atoms with Gasteiger partial charge in [0, 0.05) is 48.6 Å². The molecule has 6 fully saturated rings. The van der Waals surface area contributed by atoms with Crippen LogP contribution in [-0.4, -0.2) is 58.7 Å². The van der Waals surface area contributed by atoms with Gasteiger partial charge in [0.1, 0.15) is 11.7 Å². The molecule has 1 aromatic rings. The molecule has 5 saturated carbocycles. The van der Waals surface area contributed by atoms with Gasteiger partial charge >= 0.3 is 0 Å². The molecule has 5 aliphatic carbocycles. The molecule has 2 spiro atoms. The van der Waals surface area contributed by atoms with Crippen molar-refractivity contribution in [3.8, 4) is 11.5 Å². The third-order valence-electron chi connectivity index (χ3n) is 12.2. The van der Waals surface area contributed by atoms with E-state index in [-0.39, 0.29) is 34.0 Å². The molecular weight excluding hydrogens is 438 g/mol. The average Bonchev–Trinajstić information content (AvgIpc) is 3.47. The smallest absolute Gasteiger partial charge is 0.165 e. The first-order chi connectivity index (χ1) is 16.4. The van der Waals surface area contributed by atoms with Crippen LogP contribution in [0.2, 0.25) is 0 Å². The molecule has 0 aromatic heterocycles. The topological polar surface area (TPSA) is 62.2 Å². The summed E-state index contributed by atoms with van der Waals surface area (Å²) in [5, 5.41) is 23.3. The van der Waals surface area contributed by atoms with Crippen molar-refractivity contribution in [2.24, 2.45) is 28.6 Å². The van der Waals surface area contributed by atoms with Gasteiger partial charge in [0.05, 0.1) is 5.60 Å². The highest BCUT2D eigenvalue weighted by Gasteiger charge is 2.84. The molecular formula is C30H43NO4. The van der Waals surface area contributed by atoms with Crippen molar-refractivity contribution in [3.63, 3.8) is 0 Å². The van der Waals surface area contributed by atoms with Crippen LogP contribution in [-0.2, 0) is 10.2 Å². The van der Waals surface area contributed by atoms with Gasteiger partial charge in [0.15, 0.2) is 11.5 Å². The number of hydrogen-bond donors (Lipinski definition) is 2. The predicted molar refractivity (Wildman–Crippen MR) is 135 cm³/mol. The lowest BCUT2D eigenvalue weighted by Crippen LogP contribution is -2.79. The minimum atomic E-state index is -0.916. The Hall–Kier alpha value is -1.30. The number of aliphatic hydroxyl groups is 1. The van der Waals surface area contributed by atoms with E-state index in [2.05, 4.69) is 38.7 Å². The Kier molecular flexibility index (Phi) is 4.29. The molecule has 8 atom stereocenters. The Bertz CT molecular complexity index is 1090. The molecule has 192 valence electrons. The first kappa shape index (κ1) is 22.9. The molecule has 2 aliphatic heterocycles. The molecule has 0 amide bonds. The number of aromatic hydroxyl groups is 1. The minimum absolute atomic E-state index is 0.0272. The predicted octanol–water partition coefficient (Wildman–Crippen LogP) is 4.80. The number of ether oxygens (including phenoxy) is 2. The number of likely N-dealkylation sites (tertiary alicyclic amines) is 1. The molecule has 4 unspecified atom stereocenters. The van der Waals surface area contributed by atoms with Gasteiger partial charge in [-0.25, -0.2) is 0 Å². The van der Waals surface area contributed by atoms with Crippen LogP contribution < -0.4 is 4.74 Å². The zero-order chi connectivity index (χ0) is 24.8. The first-order valence-corrected chi connectivity index (χ1v) is 13.9. The number of aryl methyl sites for hydroxylation is 1. The summed E-state index contributed by atoms with van der Waals surface area (Å²) in [6.07, 6.45) is 6.65. The van der Waals surface area contributed by atoms with Gasteiger partial charge in [-0.1, -0.05) is 26.8 Å². The number of benzene rings is 1. The maximum atomic E-state index is 12.2. The highest BCUT2D eigenvalue weighted by atomic mass is 16.6. The van der Waals surface area contributed by atoms with Gasteiger partial charge in [-0.3, -0.25) is 4.90 Å². The largest absolute Gasteiger partial charge is 0.504 e. The monoisotopic (exact) mass is 481 g/mol. The first-order valence-electron chi connectivity index (χ1n) is 13.9. The molecule has 2 bridgehead atoms. The van der Waals surface area contributed by atoms with Crippen LogP contribution in [0.4, 0.5) is 0 Å². The van der Waals surface area contributed by atoms with Crippen LogP contribution in [0.1, 0.15) is 77.3 Å². The third-order valence-corrected chi connectivity index (χ3v) is 12.2. The second kappa shape index (κ2) is 6.57. The summed E-state index contributed by atoms with van der Waals surface area (Å²) in [4.78, 5) is 2.80. The number of fused-ring (bicyclic) bond motifs is 4. The van der Waals surface area contributed by atoms with E-state index >= 15 is 0 Å². The van der Waals surface area contributed by atoms with Crippen LogP contribution in [0.5, 0.6) is 11.5 Å². The normalized spacial score (nSPS) is 45.1. The zero-order valence-electron chi connectivity index (χ0n) is 22.4. The van der Waals surface area contributed by atoms with E-state index in [1.807, 2.05) is 14.0 Å². The van der Waals surface area contributed by atoms with Gasteiger partial charge in [-0.15, -0.1) is 0 Å². The van der Waals surface area contributed by atoms with Crippen molar-refractivity contribution in [2.75, 3.05) is 20.2 Å². The average molecular weight is 482 g/mol. The van der Waals surface area contributed by atoms with Crippen LogP contribution in [0.25, 0.3) is 0 Å². The lowest BCUT2D eigenvalue weighted by Gasteiger charge is -2.70. The summed E-state index contributed by atoms with van der Waals surface area (Å²) in [6, 6.07) is 4.41. The number of hydrogen-bond acceptors (Lipinski definition) is 5. The molecule has 1 aromatic carbocycles. The molecule has 0 radical (unpaired) electrons. The molecule has 8 rings (SSSR count). The Morgan fingerprint density at radius 1 is 1.14 bits per heavy atom. The molecule has 5 nitrogen and oxygen atoms in total. The van der Waals surface area contributed by atoms with E-state index in [9.17, 15) is 10.2 Å².